The van der Waals surface area contributed by atoms with E-state index in [4.69, 9.17) is 14.2 Å². The molecule has 0 radical (unpaired) electrons. The monoisotopic (exact) mass is 550 g/mol. The van der Waals surface area contributed by atoms with Gasteiger partial charge in [0.1, 0.15) is 5.54 Å². The minimum atomic E-state index is -1.05. The van der Waals surface area contributed by atoms with Gasteiger partial charge in [-0.2, -0.15) is 0 Å². The number of benzene rings is 2. The highest BCUT2D eigenvalue weighted by atomic mass is 32.2. The average molecular weight is 551 g/mol. The Balaban J connectivity index is 1.37. The van der Waals surface area contributed by atoms with Crippen molar-refractivity contribution in [2.24, 2.45) is 17.8 Å². The van der Waals surface area contributed by atoms with Crippen LogP contribution in [0.15, 0.2) is 41.3 Å². The lowest BCUT2D eigenvalue weighted by atomic mass is 9.53. The molecule has 2 aromatic carbocycles. The van der Waals surface area contributed by atoms with E-state index in [9.17, 15) is 9.59 Å². The summed E-state index contributed by atoms with van der Waals surface area (Å²) >= 11 is 1.58. The molecule has 4 saturated carbocycles. The van der Waals surface area contributed by atoms with Gasteiger partial charge in [0.05, 0.1) is 26.9 Å². The molecule has 1 aliphatic heterocycles. The van der Waals surface area contributed by atoms with Crippen LogP contribution >= 0.6 is 11.8 Å². The summed E-state index contributed by atoms with van der Waals surface area (Å²) in [6, 6.07) is 11.4. The second-order valence-corrected chi connectivity index (χ2v) is 13.2. The van der Waals surface area contributed by atoms with Crippen LogP contribution in [0.1, 0.15) is 61.4 Å². The van der Waals surface area contributed by atoms with Gasteiger partial charge in [0, 0.05) is 22.7 Å². The summed E-state index contributed by atoms with van der Waals surface area (Å²) in [5.74, 6) is 3.95. The van der Waals surface area contributed by atoms with Gasteiger partial charge in [0.15, 0.2) is 11.5 Å². The fourth-order valence-electron chi connectivity index (χ4n) is 7.92. The van der Waals surface area contributed by atoms with Crippen LogP contribution in [-0.4, -0.2) is 54.9 Å². The van der Waals surface area contributed by atoms with Crippen molar-refractivity contribution in [1.82, 2.24) is 10.2 Å². The van der Waals surface area contributed by atoms with Gasteiger partial charge in [-0.25, -0.2) is 0 Å². The normalized spacial score (nSPS) is 30.9. The Kier molecular flexibility index (Phi) is 6.72. The lowest BCUT2D eigenvalue weighted by molar-refractivity contribution is -0.136. The third-order valence-corrected chi connectivity index (χ3v) is 10.8. The second-order valence-electron chi connectivity index (χ2n) is 12.1. The van der Waals surface area contributed by atoms with E-state index < -0.39 is 5.54 Å². The van der Waals surface area contributed by atoms with Crippen molar-refractivity contribution >= 4 is 23.6 Å². The van der Waals surface area contributed by atoms with Crippen LogP contribution in [0.2, 0.25) is 0 Å². The topological polar surface area (TPSA) is 77.1 Å². The Labute approximate surface area is 234 Å². The van der Waals surface area contributed by atoms with E-state index in [0.717, 1.165) is 29.7 Å². The molecule has 2 aromatic rings. The molecule has 0 aromatic heterocycles. The Morgan fingerprint density at radius 1 is 0.974 bits per heavy atom. The molecule has 0 spiro atoms. The second kappa shape index (κ2) is 9.95. The predicted molar refractivity (Wildman–Crippen MR) is 151 cm³/mol. The number of carbonyl (C=O) groups excluding carboxylic acids is 2. The molecule has 7 rings (SSSR count). The van der Waals surface area contributed by atoms with Gasteiger partial charge in [-0.05, 0) is 93.0 Å². The summed E-state index contributed by atoms with van der Waals surface area (Å²) in [5, 5.41) is 3.57. The number of hydrogen-bond donors (Lipinski definition) is 1. The van der Waals surface area contributed by atoms with Crippen LogP contribution in [0, 0.1) is 17.8 Å². The quantitative estimate of drug-likeness (QED) is 0.504. The molecule has 4 aliphatic carbocycles. The standard InChI is InChI=1S/C31H38N2O5S/c1-30(29(35)32-31-14-19-9-20(15-31)11-21(10-19)16-31)18-39-26-8-6-5-7-23(26)28(34)33(30)17-22-12-24(36-2)27(38-4)25(13-22)37-3/h5-8,12-13,19-21H,9-11,14-18H2,1-4H3,(H,32,35). The van der Waals surface area contributed by atoms with E-state index in [2.05, 4.69) is 5.32 Å². The zero-order valence-corrected chi connectivity index (χ0v) is 24.1. The van der Waals surface area contributed by atoms with E-state index in [0.29, 0.717) is 46.3 Å². The van der Waals surface area contributed by atoms with Gasteiger partial charge in [-0.15, -0.1) is 11.8 Å². The van der Waals surface area contributed by atoms with Crippen molar-refractivity contribution in [1.29, 1.82) is 0 Å². The van der Waals surface area contributed by atoms with Crippen LogP contribution in [0.3, 0.4) is 0 Å². The zero-order chi connectivity index (χ0) is 27.4. The number of carbonyl (C=O) groups is 2. The number of amides is 2. The number of thioether (sulfide) groups is 1. The largest absolute Gasteiger partial charge is 0.493 e. The van der Waals surface area contributed by atoms with Crippen molar-refractivity contribution in [3.63, 3.8) is 0 Å². The van der Waals surface area contributed by atoms with Crippen molar-refractivity contribution < 1.29 is 23.8 Å². The number of rotatable bonds is 7. The minimum Gasteiger partial charge on any atom is -0.493 e. The zero-order valence-electron chi connectivity index (χ0n) is 23.2. The smallest absolute Gasteiger partial charge is 0.256 e. The van der Waals surface area contributed by atoms with Gasteiger partial charge in [-0.1, -0.05) is 12.1 Å². The van der Waals surface area contributed by atoms with Gasteiger partial charge in [0.25, 0.3) is 5.91 Å². The highest BCUT2D eigenvalue weighted by Crippen LogP contribution is 2.56. The number of nitrogens with one attached hydrogen (secondary N) is 1. The van der Waals surface area contributed by atoms with Gasteiger partial charge >= 0.3 is 0 Å². The molecule has 7 nitrogen and oxygen atoms in total. The van der Waals surface area contributed by atoms with Gasteiger partial charge in [-0.3, -0.25) is 9.59 Å². The van der Waals surface area contributed by atoms with Crippen LogP contribution < -0.4 is 19.5 Å². The molecule has 4 fully saturated rings. The fraction of sp³-hybridized carbons (Fsp3) is 0.548. The predicted octanol–water partition coefficient (Wildman–Crippen LogP) is 5.30. The van der Waals surface area contributed by atoms with Crippen molar-refractivity contribution in [2.75, 3.05) is 27.1 Å². The summed E-state index contributed by atoms with van der Waals surface area (Å²) in [6.45, 7) is 2.16. The molecule has 0 saturated heterocycles. The van der Waals surface area contributed by atoms with E-state index in [-0.39, 0.29) is 23.9 Å². The highest BCUT2D eigenvalue weighted by molar-refractivity contribution is 7.99. The molecule has 5 aliphatic rings. The molecule has 1 heterocycles. The van der Waals surface area contributed by atoms with Crippen molar-refractivity contribution in [2.45, 2.75) is 68.0 Å². The first-order valence-corrected chi connectivity index (χ1v) is 14.9. The van der Waals surface area contributed by atoms with Gasteiger partial charge in [0.2, 0.25) is 11.7 Å². The van der Waals surface area contributed by atoms with E-state index in [1.54, 1.807) is 38.0 Å². The SMILES string of the molecule is COc1cc(CN2C(=O)c3ccccc3SCC2(C)C(=O)NC23CC4CC(CC(C4)C2)C3)cc(OC)c1OC. The molecule has 1 N–H and O–H groups in total. The van der Waals surface area contributed by atoms with Crippen LogP contribution in [-0.2, 0) is 11.3 Å². The lowest BCUT2D eigenvalue weighted by Crippen LogP contribution is -2.67. The summed E-state index contributed by atoms with van der Waals surface area (Å²) in [7, 11) is 4.72. The fourth-order valence-corrected chi connectivity index (χ4v) is 9.13. The summed E-state index contributed by atoms with van der Waals surface area (Å²) in [5.41, 5.74) is 0.238. The number of nitrogens with zero attached hydrogens (tertiary/aromatic N) is 1. The Morgan fingerprint density at radius 3 is 2.13 bits per heavy atom. The Hall–Kier alpha value is -2.87. The molecule has 4 bridgehead atoms. The highest BCUT2D eigenvalue weighted by Gasteiger charge is 2.54. The van der Waals surface area contributed by atoms with Crippen molar-refractivity contribution in [3.05, 3.63) is 47.5 Å². The van der Waals surface area contributed by atoms with Crippen molar-refractivity contribution in [3.8, 4) is 17.2 Å². The summed E-state index contributed by atoms with van der Waals surface area (Å²) in [6.07, 6.45) is 7.12. The van der Waals surface area contributed by atoms with Crippen LogP contribution in [0.5, 0.6) is 17.2 Å². The molecule has 2 amide bonds. The van der Waals surface area contributed by atoms with E-state index in [1.807, 2.05) is 43.3 Å². The van der Waals surface area contributed by atoms with E-state index >= 15 is 0 Å². The molecular weight excluding hydrogens is 512 g/mol. The lowest BCUT2D eigenvalue weighted by Gasteiger charge is -2.57. The Morgan fingerprint density at radius 2 is 1.56 bits per heavy atom. The minimum absolute atomic E-state index is 0.0504. The van der Waals surface area contributed by atoms with E-state index in [1.165, 1.54) is 19.3 Å². The number of hydrogen-bond acceptors (Lipinski definition) is 6. The molecule has 1 unspecified atom stereocenters. The molecular formula is C31H38N2O5S. The average Bonchev–Trinajstić information content (AvgIpc) is 3.02. The third kappa shape index (κ3) is 4.54. The molecule has 8 heteroatoms. The number of fused-ring (bicyclic) bond motifs is 1. The number of methoxy groups -OCH3 is 3. The third-order valence-electron chi connectivity index (χ3n) is 9.44. The van der Waals surface area contributed by atoms with Gasteiger partial charge < -0.3 is 24.4 Å². The molecule has 39 heavy (non-hydrogen) atoms. The molecule has 208 valence electrons. The maximum atomic E-state index is 14.4. The first-order chi connectivity index (χ1) is 18.8. The summed E-state index contributed by atoms with van der Waals surface area (Å²) < 4.78 is 16.7. The van der Waals surface area contributed by atoms with Crippen LogP contribution in [0.4, 0.5) is 0 Å². The Bertz CT molecular complexity index is 1240. The van der Waals surface area contributed by atoms with Crippen LogP contribution in [0.25, 0.3) is 0 Å². The maximum Gasteiger partial charge on any atom is 0.256 e. The maximum absolute atomic E-state index is 14.4. The number of ether oxygens (including phenoxy) is 3. The first kappa shape index (κ1) is 26.4. The first-order valence-electron chi connectivity index (χ1n) is 13.9. The molecule has 1 atom stereocenters. The summed E-state index contributed by atoms with van der Waals surface area (Å²) in [4.78, 5) is 31.3.